The van der Waals surface area contributed by atoms with E-state index in [1.165, 1.54) is 6.20 Å². The smallest absolute Gasteiger partial charge is 0.263 e. The molecule has 2 N–H and O–H groups in total. The highest BCUT2D eigenvalue weighted by Gasteiger charge is 2.24. The highest BCUT2D eigenvalue weighted by atomic mass is 35.5. The van der Waals surface area contributed by atoms with Crippen LogP contribution in [-0.2, 0) is 0 Å². The molecule has 0 radical (unpaired) electrons. The predicted molar refractivity (Wildman–Crippen MR) is 91.8 cm³/mol. The van der Waals surface area contributed by atoms with Gasteiger partial charge in [0.15, 0.2) is 5.65 Å². The molecule has 0 bridgehead atoms. The Balaban J connectivity index is 1.55. The number of H-pyrrole nitrogens is 2. The number of aromatic amines is 2. The first-order valence-corrected chi connectivity index (χ1v) is 8.18. The molecule has 0 unspecified atom stereocenters. The molecule has 0 spiro atoms. The van der Waals surface area contributed by atoms with Crippen molar-refractivity contribution in [2.75, 3.05) is 18.0 Å². The normalized spacial score (nSPS) is 18.0. The number of benzene rings is 1. The summed E-state index contributed by atoms with van der Waals surface area (Å²) in [6.07, 6.45) is 3.34. The van der Waals surface area contributed by atoms with Crippen LogP contribution in [0.2, 0.25) is 5.02 Å². The third-order valence-electron chi connectivity index (χ3n) is 4.11. The van der Waals surface area contributed by atoms with Crippen molar-refractivity contribution >= 4 is 28.6 Å². The number of halogens is 1. The van der Waals surface area contributed by atoms with Gasteiger partial charge in [-0.2, -0.15) is 10.1 Å². The van der Waals surface area contributed by atoms with E-state index in [1.807, 2.05) is 29.2 Å². The summed E-state index contributed by atoms with van der Waals surface area (Å²) >= 11 is 6.16. The number of hydrogen-bond donors (Lipinski definition) is 2. The first kappa shape index (κ1) is 15.0. The molecule has 4 rings (SSSR count). The maximum atomic E-state index is 12.1. The molecule has 2 aromatic heterocycles. The lowest BCUT2D eigenvalue weighted by atomic mass is 10.1. The standard InChI is InChI=1S/C16H16ClN5O2/c17-12-5-1-2-6-13(12)24-10-4-3-7-22(9-10)16-19-14-11(8-18-21-14)15(23)20-16/h1-2,5-6,8,10H,3-4,7,9H2,(H2,18,19,20,21,23)/t10-/m0/s1. The number of para-hydroxylation sites is 1. The molecule has 3 heterocycles. The van der Waals surface area contributed by atoms with Crippen molar-refractivity contribution in [3.05, 3.63) is 45.8 Å². The second kappa shape index (κ2) is 6.16. The number of fused-ring (bicyclic) bond motifs is 1. The molecular weight excluding hydrogens is 330 g/mol. The molecule has 124 valence electrons. The van der Waals surface area contributed by atoms with E-state index in [2.05, 4.69) is 20.2 Å². The molecule has 7 nitrogen and oxygen atoms in total. The largest absolute Gasteiger partial charge is 0.487 e. The Morgan fingerprint density at radius 1 is 1.33 bits per heavy atom. The van der Waals surface area contributed by atoms with Crippen LogP contribution in [0.4, 0.5) is 5.95 Å². The number of hydrogen-bond acceptors (Lipinski definition) is 5. The van der Waals surface area contributed by atoms with E-state index < -0.39 is 0 Å². The number of nitrogens with zero attached hydrogens (tertiary/aromatic N) is 3. The van der Waals surface area contributed by atoms with Gasteiger partial charge >= 0.3 is 0 Å². The van der Waals surface area contributed by atoms with Crippen LogP contribution < -0.4 is 15.2 Å². The quantitative estimate of drug-likeness (QED) is 0.761. The minimum Gasteiger partial charge on any atom is -0.487 e. The summed E-state index contributed by atoms with van der Waals surface area (Å²) in [7, 11) is 0. The van der Waals surface area contributed by atoms with Crippen LogP contribution in [0.5, 0.6) is 5.75 Å². The fourth-order valence-corrected chi connectivity index (χ4v) is 3.11. The van der Waals surface area contributed by atoms with E-state index in [4.69, 9.17) is 16.3 Å². The average Bonchev–Trinajstić information content (AvgIpc) is 3.06. The van der Waals surface area contributed by atoms with Crippen molar-refractivity contribution in [2.24, 2.45) is 0 Å². The van der Waals surface area contributed by atoms with Gasteiger partial charge in [0.1, 0.15) is 17.2 Å². The second-order valence-corrected chi connectivity index (χ2v) is 6.19. The lowest BCUT2D eigenvalue weighted by Gasteiger charge is -2.33. The van der Waals surface area contributed by atoms with Crippen LogP contribution in [-0.4, -0.2) is 39.4 Å². The van der Waals surface area contributed by atoms with Crippen LogP contribution in [0.1, 0.15) is 12.8 Å². The van der Waals surface area contributed by atoms with Crippen LogP contribution in [0.15, 0.2) is 35.3 Å². The molecule has 1 atom stereocenters. The van der Waals surface area contributed by atoms with E-state index in [0.29, 0.717) is 34.3 Å². The average molecular weight is 346 g/mol. The Bertz CT molecular complexity index is 922. The van der Waals surface area contributed by atoms with Crippen LogP contribution in [0.3, 0.4) is 0 Å². The molecular formula is C16H16ClN5O2. The molecule has 1 fully saturated rings. The van der Waals surface area contributed by atoms with Crippen LogP contribution in [0.25, 0.3) is 11.0 Å². The van der Waals surface area contributed by atoms with Crippen LogP contribution >= 0.6 is 11.6 Å². The molecule has 0 saturated carbocycles. The van der Waals surface area contributed by atoms with Gasteiger partial charge in [-0.1, -0.05) is 23.7 Å². The first-order chi connectivity index (χ1) is 11.7. The Labute approximate surface area is 142 Å². The zero-order valence-corrected chi connectivity index (χ0v) is 13.6. The molecule has 1 aromatic carbocycles. The molecule has 3 aromatic rings. The van der Waals surface area contributed by atoms with Crippen molar-refractivity contribution in [2.45, 2.75) is 18.9 Å². The van der Waals surface area contributed by atoms with Crippen molar-refractivity contribution < 1.29 is 4.74 Å². The first-order valence-electron chi connectivity index (χ1n) is 7.80. The van der Waals surface area contributed by atoms with Crippen molar-refractivity contribution in [3.8, 4) is 5.75 Å². The van der Waals surface area contributed by atoms with E-state index in [0.717, 1.165) is 19.4 Å². The Morgan fingerprint density at radius 3 is 3.08 bits per heavy atom. The van der Waals surface area contributed by atoms with Gasteiger partial charge in [-0.15, -0.1) is 0 Å². The minimum atomic E-state index is -0.196. The molecule has 0 amide bonds. The van der Waals surface area contributed by atoms with Crippen molar-refractivity contribution in [1.82, 2.24) is 20.2 Å². The number of ether oxygens (including phenoxy) is 1. The lowest BCUT2D eigenvalue weighted by Crippen LogP contribution is -2.42. The molecule has 0 aliphatic carbocycles. The molecule has 1 aliphatic rings. The van der Waals surface area contributed by atoms with E-state index in [1.54, 1.807) is 0 Å². The zero-order valence-electron chi connectivity index (χ0n) is 12.8. The van der Waals surface area contributed by atoms with Gasteiger partial charge in [0.2, 0.25) is 5.95 Å². The monoisotopic (exact) mass is 345 g/mol. The highest BCUT2D eigenvalue weighted by molar-refractivity contribution is 6.32. The summed E-state index contributed by atoms with van der Waals surface area (Å²) in [4.78, 5) is 21.4. The van der Waals surface area contributed by atoms with Crippen LogP contribution in [0, 0.1) is 0 Å². The number of nitrogens with one attached hydrogen (secondary N) is 2. The fraction of sp³-hybridized carbons (Fsp3) is 0.312. The Hall–Kier alpha value is -2.54. The summed E-state index contributed by atoms with van der Waals surface area (Å²) in [5, 5.41) is 7.66. The van der Waals surface area contributed by atoms with Gasteiger partial charge in [-0.05, 0) is 25.0 Å². The molecule has 24 heavy (non-hydrogen) atoms. The summed E-state index contributed by atoms with van der Waals surface area (Å²) in [6.45, 7) is 1.44. The van der Waals surface area contributed by atoms with E-state index >= 15 is 0 Å². The number of piperidine rings is 1. The summed E-state index contributed by atoms with van der Waals surface area (Å²) in [5.41, 5.74) is 0.292. The Kier molecular flexibility index (Phi) is 3.86. The molecule has 8 heteroatoms. The van der Waals surface area contributed by atoms with E-state index in [9.17, 15) is 4.79 Å². The number of rotatable bonds is 3. The van der Waals surface area contributed by atoms with Gasteiger partial charge < -0.3 is 9.64 Å². The summed E-state index contributed by atoms with van der Waals surface area (Å²) in [6, 6.07) is 7.43. The topological polar surface area (TPSA) is 86.9 Å². The minimum absolute atomic E-state index is 0.0126. The maximum Gasteiger partial charge on any atom is 0.263 e. The third kappa shape index (κ3) is 2.82. The summed E-state index contributed by atoms with van der Waals surface area (Å²) < 4.78 is 6.03. The fourth-order valence-electron chi connectivity index (χ4n) is 2.93. The SMILES string of the molecule is O=c1[nH]c(N2CCC[C@H](Oc3ccccc3Cl)C2)nc2[nH]ncc12. The Morgan fingerprint density at radius 2 is 2.21 bits per heavy atom. The highest BCUT2D eigenvalue weighted by Crippen LogP contribution is 2.27. The number of anilines is 1. The van der Waals surface area contributed by atoms with Gasteiger partial charge in [0.05, 0.1) is 17.8 Å². The van der Waals surface area contributed by atoms with Gasteiger partial charge in [0, 0.05) is 6.54 Å². The van der Waals surface area contributed by atoms with Gasteiger partial charge in [-0.3, -0.25) is 14.9 Å². The zero-order chi connectivity index (χ0) is 16.5. The van der Waals surface area contributed by atoms with Crippen molar-refractivity contribution in [1.29, 1.82) is 0 Å². The molecule has 1 saturated heterocycles. The number of aromatic nitrogens is 4. The molecule has 1 aliphatic heterocycles. The second-order valence-electron chi connectivity index (χ2n) is 5.78. The maximum absolute atomic E-state index is 12.1. The predicted octanol–water partition coefficient (Wildman–Crippen LogP) is 2.35. The van der Waals surface area contributed by atoms with E-state index in [-0.39, 0.29) is 11.7 Å². The third-order valence-corrected chi connectivity index (χ3v) is 4.43. The van der Waals surface area contributed by atoms with Crippen molar-refractivity contribution in [3.63, 3.8) is 0 Å². The lowest BCUT2D eigenvalue weighted by molar-refractivity contribution is 0.179. The summed E-state index contributed by atoms with van der Waals surface area (Å²) in [5.74, 6) is 1.21. The van der Waals surface area contributed by atoms with Gasteiger partial charge in [0.25, 0.3) is 5.56 Å². The van der Waals surface area contributed by atoms with Gasteiger partial charge in [-0.25, -0.2) is 0 Å².